The molecule has 0 aromatic heterocycles. The Balaban J connectivity index is 1.77. The zero-order chi connectivity index (χ0) is 21.7. The van der Waals surface area contributed by atoms with E-state index in [1.165, 1.54) is 23.9 Å². The molecule has 7 heteroatoms. The molecule has 0 heterocycles. The van der Waals surface area contributed by atoms with Crippen molar-refractivity contribution in [3.8, 4) is 17.2 Å². The molecule has 0 aliphatic heterocycles. The largest absolute Gasteiger partial charge is 0.507 e. The number of hydrogen-bond donors (Lipinski definition) is 3. The Kier molecular flexibility index (Phi) is 6.84. The average molecular weight is 427 g/mol. The molecule has 5 nitrogen and oxygen atoms in total. The van der Waals surface area contributed by atoms with Crippen LogP contribution < -0.4 is 10.1 Å². The fourth-order valence-corrected chi connectivity index (χ4v) is 3.79. The third kappa shape index (κ3) is 5.67. The first-order valence-electron chi connectivity index (χ1n) is 9.33. The lowest BCUT2D eigenvalue weighted by atomic mass is 10.1. The van der Waals surface area contributed by atoms with Gasteiger partial charge < -0.3 is 20.3 Å². The molecule has 0 saturated heterocycles. The number of rotatable bonds is 8. The normalized spacial score (nSPS) is 10.6. The molecule has 30 heavy (non-hydrogen) atoms. The highest BCUT2D eigenvalue weighted by Crippen LogP contribution is 2.39. The molecular weight excluding hydrogens is 405 g/mol. The fourth-order valence-electron chi connectivity index (χ4n) is 2.91. The van der Waals surface area contributed by atoms with Crippen molar-refractivity contribution in [3.05, 3.63) is 71.5 Å². The maximum Gasteiger partial charge on any atom is 0.305 e. The molecule has 0 fully saturated rings. The summed E-state index contributed by atoms with van der Waals surface area (Å²) in [6, 6.07) is 14.8. The summed E-state index contributed by atoms with van der Waals surface area (Å²) < 4.78 is 19.2. The van der Waals surface area contributed by atoms with Crippen LogP contribution >= 0.6 is 11.8 Å². The van der Waals surface area contributed by atoms with Gasteiger partial charge in [0.25, 0.3) is 0 Å². The third-order valence-corrected chi connectivity index (χ3v) is 5.38. The van der Waals surface area contributed by atoms with E-state index in [1.54, 1.807) is 30.3 Å². The maximum absolute atomic E-state index is 13.1. The predicted octanol–water partition coefficient (Wildman–Crippen LogP) is 5.98. The number of benzene rings is 3. The Hall–Kier alpha value is -3.19. The van der Waals surface area contributed by atoms with Crippen LogP contribution in [-0.4, -0.2) is 22.7 Å². The van der Waals surface area contributed by atoms with Crippen molar-refractivity contribution >= 4 is 23.4 Å². The van der Waals surface area contributed by atoms with Gasteiger partial charge >= 0.3 is 5.97 Å². The van der Waals surface area contributed by atoms with Crippen molar-refractivity contribution in [2.24, 2.45) is 0 Å². The SMILES string of the molecule is Cc1cc(NCCC(=O)O)cc(C)c1Oc1ccc(O)c(Sc2ccc(F)cc2)c1. The maximum atomic E-state index is 13.1. The minimum Gasteiger partial charge on any atom is -0.507 e. The molecule has 156 valence electrons. The molecule has 0 aliphatic carbocycles. The fraction of sp³-hybridized carbons (Fsp3) is 0.174. The van der Waals surface area contributed by atoms with Gasteiger partial charge in [-0.2, -0.15) is 0 Å². The van der Waals surface area contributed by atoms with E-state index >= 15 is 0 Å². The van der Waals surface area contributed by atoms with Crippen molar-refractivity contribution in [2.75, 3.05) is 11.9 Å². The Bertz CT molecular complexity index is 1030. The first kappa shape index (κ1) is 21.5. The number of carbonyl (C=O) groups is 1. The summed E-state index contributed by atoms with van der Waals surface area (Å²) in [5.41, 5.74) is 2.62. The van der Waals surface area contributed by atoms with E-state index < -0.39 is 5.97 Å². The van der Waals surface area contributed by atoms with Crippen molar-refractivity contribution in [3.63, 3.8) is 0 Å². The van der Waals surface area contributed by atoms with Crippen LogP contribution in [-0.2, 0) is 4.79 Å². The summed E-state index contributed by atoms with van der Waals surface area (Å²) in [7, 11) is 0. The number of hydrogen-bond acceptors (Lipinski definition) is 5. The molecule has 0 amide bonds. The smallest absolute Gasteiger partial charge is 0.305 e. The van der Waals surface area contributed by atoms with Crippen LogP contribution in [0.15, 0.2) is 64.4 Å². The van der Waals surface area contributed by atoms with Crippen molar-refractivity contribution in [1.82, 2.24) is 0 Å². The van der Waals surface area contributed by atoms with Gasteiger partial charge in [-0.15, -0.1) is 0 Å². The molecule has 0 unspecified atom stereocenters. The highest BCUT2D eigenvalue weighted by Gasteiger charge is 2.11. The number of halogens is 1. The van der Waals surface area contributed by atoms with E-state index in [0.717, 1.165) is 21.7 Å². The second-order valence-electron chi connectivity index (χ2n) is 6.80. The van der Waals surface area contributed by atoms with Gasteiger partial charge in [0.1, 0.15) is 23.1 Å². The van der Waals surface area contributed by atoms with Crippen LogP contribution in [0.5, 0.6) is 17.2 Å². The van der Waals surface area contributed by atoms with Crippen LogP contribution in [0.25, 0.3) is 0 Å². The van der Waals surface area contributed by atoms with E-state index in [0.29, 0.717) is 22.9 Å². The van der Waals surface area contributed by atoms with Crippen LogP contribution in [0.3, 0.4) is 0 Å². The quantitative estimate of drug-likeness (QED) is 0.411. The molecule has 3 aromatic carbocycles. The molecule has 0 aliphatic rings. The Morgan fingerprint density at radius 2 is 1.73 bits per heavy atom. The van der Waals surface area contributed by atoms with Crippen molar-refractivity contribution in [1.29, 1.82) is 0 Å². The minimum absolute atomic E-state index is 0.0400. The number of anilines is 1. The van der Waals surface area contributed by atoms with Crippen molar-refractivity contribution < 1.29 is 24.1 Å². The number of carboxylic acid groups (broad SMARTS) is 1. The molecule has 0 bridgehead atoms. The first-order chi connectivity index (χ1) is 14.3. The second-order valence-corrected chi connectivity index (χ2v) is 7.91. The Labute approximate surface area is 178 Å². The van der Waals surface area contributed by atoms with E-state index in [1.807, 2.05) is 26.0 Å². The third-order valence-electron chi connectivity index (χ3n) is 4.32. The van der Waals surface area contributed by atoms with E-state index in [9.17, 15) is 14.3 Å². The molecule has 0 saturated carbocycles. The second kappa shape index (κ2) is 9.54. The number of phenols is 1. The topological polar surface area (TPSA) is 78.8 Å². The standard InChI is InChI=1S/C23H22FNO4S/c1-14-11-17(25-10-9-22(27)28)12-15(2)23(14)29-18-5-8-20(26)21(13-18)30-19-6-3-16(24)4-7-19/h3-8,11-13,25-26H,9-10H2,1-2H3,(H,27,28). The number of aryl methyl sites for hydroxylation is 2. The molecule has 3 aromatic rings. The highest BCUT2D eigenvalue weighted by molar-refractivity contribution is 7.99. The summed E-state index contributed by atoms with van der Waals surface area (Å²) in [5, 5.41) is 22.0. The van der Waals surface area contributed by atoms with Gasteiger partial charge in [0.2, 0.25) is 0 Å². The summed E-state index contributed by atoms with van der Waals surface area (Å²) in [4.78, 5) is 12.1. The van der Waals surface area contributed by atoms with Gasteiger partial charge in [-0.25, -0.2) is 4.39 Å². The Morgan fingerprint density at radius 3 is 2.37 bits per heavy atom. The number of aliphatic carboxylic acids is 1. The molecular formula is C23H22FNO4S. The van der Waals surface area contributed by atoms with Gasteiger partial charge in [-0.1, -0.05) is 11.8 Å². The monoisotopic (exact) mass is 427 g/mol. The predicted molar refractivity (Wildman–Crippen MR) is 115 cm³/mol. The van der Waals surface area contributed by atoms with Crippen LogP contribution in [0.2, 0.25) is 0 Å². The number of nitrogens with one attached hydrogen (secondary N) is 1. The number of aromatic hydroxyl groups is 1. The summed E-state index contributed by atoms with van der Waals surface area (Å²) in [5.74, 6) is 0.213. The van der Waals surface area contributed by atoms with Crippen LogP contribution in [0.4, 0.5) is 10.1 Å². The number of carboxylic acids is 1. The van der Waals surface area contributed by atoms with E-state index in [2.05, 4.69) is 5.32 Å². The number of ether oxygens (including phenoxy) is 1. The lowest BCUT2D eigenvalue weighted by molar-refractivity contribution is -0.136. The van der Waals surface area contributed by atoms with Gasteiger partial charge in [-0.05, 0) is 79.6 Å². The lowest BCUT2D eigenvalue weighted by Crippen LogP contribution is -2.08. The molecule has 0 atom stereocenters. The van der Waals surface area contributed by atoms with E-state index in [-0.39, 0.29) is 18.0 Å². The zero-order valence-electron chi connectivity index (χ0n) is 16.6. The molecule has 0 spiro atoms. The summed E-state index contributed by atoms with van der Waals surface area (Å²) >= 11 is 1.32. The lowest BCUT2D eigenvalue weighted by Gasteiger charge is -2.15. The summed E-state index contributed by atoms with van der Waals surface area (Å²) in [6.45, 7) is 4.18. The van der Waals surface area contributed by atoms with E-state index in [4.69, 9.17) is 9.84 Å². The van der Waals surface area contributed by atoms with Gasteiger partial charge in [-0.3, -0.25) is 4.79 Å². The summed E-state index contributed by atoms with van der Waals surface area (Å²) in [6.07, 6.45) is 0.0400. The van der Waals surface area contributed by atoms with Crippen LogP contribution in [0.1, 0.15) is 17.5 Å². The zero-order valence-corrected chi connectivity index (χ0v) is 17.4. The molecule has 0 radical (unpaired) electrons. The minimum atomic E-state index is -0.850. The average Bonchev–Trinajstić information content (AvgIpc) is 2.68. The van der Waals surface area contributed by atoms with Gasteiger partial charge in [0.15, 0.2) is 0 Å². The molecule has 3 N–H and O–H groups in total. The number of phenolic OH excluding ortho intramolecular Hbond substituents is 1. The first-order valence-corrected chi connectivity index (χ1v) is 10.1. The van der Waals surface area contributed by atoms with Crippen molar-refractivity contribution in [2.45, 2.75) is 30.1 Å². The van der Waals surface area contributed by atoms with Gasteiger partial charge in [0.05, 0.1) is 11.3 Å². The highest BCUT2D eigenvalue weighted by atomic mass is 32.2. The Morgan fingerprint density at radius 1 is 1.07 bits per heavy atom. The molecule has 3 rings (SSSR count). The van der Waals surface area contributed by atoms with Crippen LogP contribution in [0, 0.1) is 19.7 Å². The van der Waals surface area contributed by atoms with Gasteiger partial charge in [0, 0.05) is 17.1 Å².